The van der Waals surface area contributed by atoms with E-state index in [1.807, 2.05) is 30.6 Å². The zero-order valence-electron chi connectivity index (χ0n) is 12.2. The molecule has 3 aromatic rings. The highest BCUT2D eigenvalue weighted by atomic mass is 32.1. The normalized spacial score (nSPS) is 13.8. The third-order valence-corrected chi connectivity index (χ3v) is 5.04. The Morgan fingerprint density at radius 1 is 1.33 bits per heavy atom. The van der Waals surface area contributed by atoms with Gasteiger partial charge in [-0.1, -0.05) is 0 Å². The van der Waals surface area contributed by atoms with E-state index < -0.39 is 0 Å². The van der Waals surface area contributed by atoms with Gasteiger partial charge in [-0.2, -0.15) is 5.10 Å². The predicted octanol–water partition coefficient (Wildman–Crippen LogP) is 3.01. The Bertz CT molecular complexity index is 817. The van der Waals surface area contributed by atoms with Crippen LogP contribution in [0.15, 0.2) is 12.3 Å². The zero-order valence-corrected chi connectivity index (χ0v) is 13.0. The van der Waals surface area contributed by atoms with E-state index in [4.69, 9.17) is 9.97 Å². The van der Waals surface area contributed by atoms with Crippen LogP contribution in [0.2, 0.25) is 0 Å². The molecule has 3 aromatic heterocycles. The van der Waals surface area contributed by atoms with Crippen molar-refractivity contribution in [1.29, 1.82) is 0 Å². The van der Waals surface area contributed by atoms with Crippen LogP contribution in [0.3, 0.4) is 0 Å². The van der Waals surface area contributed by atoms with Crippen LogP contribution in [0.5, 0.6) is 0 Å². The molecule has 21 heavy (non-hydrogen) atoms. The molecule has 1 N–H and O–H groups in total. The highest BCUT2D eigenvalue weighted by molar-refractivity contribution is 7.19. The fourth-order valence-electron chi connectivity index (χ4n) is 2.94. The first-order valence-electron chi connectivity index (χ1n) is 7.32. The van der Waals surface area contributed by atoms with Crippen molar-refractivity contribution in [3.8, 4) is 11.5 Å². The summed E-state index contributed by atoms with van der Waals surface area (Å²) in [5.74, 6) is 1.67. The molecule has 0 atom stereocenters. The van der Waals surface area contributed by atoms with Crippen molar-refractivity contribution in [2.75, 3.05) is 11.9 Å². The number of nitrogens with zero attached hydrogens (tertiary/aromatic N) is 4. The van der Waals surface area contributed by atoms with Crippen molar-refractivity contribution < 1.29 is 0 Å². The smallest absolute Gasteiger partial charge is 0.183 e. The molecule has 3 heterocycles. The average Bonchev–Trinajstić information content (AvgIpc) is 3.13. The van der Waals surface area contributed by atoms with Crippen LogP contribution in [0.1, 0.15) is 23.8 Å². The highest BCUT2D eigenvalue weighted by Crippen LogP contribution is 2.40. The van der Waals surface area contributed by atoms with Gasteiger partial charge in [0.15, 0.2) is 5.82 Å². The van der Waals surface area contributed by atoms with Crippen molar-refractivity contribution in [2.45, 2.75) is 26.2 Å². The summed E-state index contributed by atoms with van der Waals surface area (Å²) in [5, 5.41) is 9.06. The van der Waals surface area contributed by atoms with Gasteiger partial charge in [0.05, 0.1) is 5.39 Å². The zero-order chi connectivity index (χ0) is 14.4. The number of rotatable bonds is 3. The number of fused-ring (bicyclic) bond motifs is 3. The lowest BCUT2D eigenvalue weighted by molar-refractivity contribution is 0.769. The quantitative estimate of drug-likeness (QED) is 0.807. The molecule has 0 saturated heterocycles. The van der Waals surface area contributed by atoms with Crippen LogP contribution >= 0.6 is 11.3 Å². The molecule has 108 valence electrons. The molecule has 4 rings (SSSR count). The second-order valence-electron chi connectivity index (χ2n) is 5.34. The second kappa shape index (κ2) is 4.80. The van der Waals surface area contributed by atoms with Gasteiger partial charge < -0.3 is 5.32 Å². The molecule has 6 heteroatoms. The van der Waals surface area contributed by atoms with E-state index in [1.165, 1.54) is 28.7 Å². The maximum atomic E-state index is 4.76. The highest BCUT2D eigenvalue weighted by Gasteiger charge is 2.22. The van der Waals surface area contributed by atoms with E-state index in [-0.39, 0.29) is 0 Å². The molecule has 0 aromatic carbocycles. The lowest BCUT2D eigenvalue weighted by atomic mass is 10.2. The number of hydrogen-bond acceptors (Lipinski definition) is 5. The summed E-state index contributed by atoms with van der Waals surface area (Å²) in [7, 11) is 1.91. The second-order valence-corrected chi connectivity index (χ2v) is 6.42. The summed E-state index contributed by atoms with van der Waals surface area (Å²) in [6, 6.07) is 1.96. The first kappa shape index (κ1) is 12.8. The summed E-state index contributed by atoms with van der Waals surface area (Å²) in [5.41, 5.74) is 2.28. The first-order chi connectivity index (χ1) is 10.3. The Morgan fingerprint density at radius 2 is 2.24 bits per heavy atom. The van der Waals surface area contributed by atoms with Crippen LogP contribution in [0.25, 0.3) is 21.7 Å². The maximum absolute atomic E-state index is 4.76. The summed E-state index contributed by atoms with van der Waals surface area (Å²) in [6.45, 7) is 2.96. The van der Waals surface area contributed by atoms with Crippen molar-refractivity contribution in [2.24, 2.45) is 7.05 Å². The van der Waals surface area contributed by atoms with Crippen molar-refractivity contribution in [1.82, 2.24) is 19.7 Å². The SMILES string of the molecule is CCNc1nc(-c2ccn(C)n2)nc2sc3c(c12)CCC3. The molecule has 0 spiro atoms. The maximum Gasteiger partial charge on any atom is 0.183 e. The minimum absolute atomic E-state index is 0.707. The molecule has 0 bridgehead atoms. The van der Waals surface area contributed by atoms with Crippen LogP contribution in [-0.2, 0) is 19.9 Å². The van der Waals surface area contributed by atoms with E-state index in [0.717, 1.165) is 29.3 Å². The van der Waals surface area contributed by atoms with Crippen LogP contribution in [0, 0.1) is 0 Å². The number of thiophene rings is 1. The minimum atomic E-state index is 0.707. The van der Waals surface area contributed by atoms with E-state index >= 15 is 0 Å². The number of aryl methyl sites for hydroxylation is 3. The molecule has 0 unspecified atom stereocenters. The van der Waals surface area contributed by atoms with E-state index in [1.54, 1.807) is 4.68 Å². The van der Waals surface area contributed by atoms with Gasteiger partial charge in [0, 0.05) is 24.7 Å². The Morgan fingerprint density at radius 3 is 3.00 bits per heavy atom. The standard InChI is InChI=1S/C15H17N5S/c1-3-16-14-12-9-5-4-6-11(9)21-15(12)18-13(17-14)10-7-8-20(2)19-10/h7-8H,3-6H2,1-2H3,(H,16,17,18). The van der Waals surface area contributed by atoms with Gasteiger partial charge in [0.1, 0.15) is 16.3 Å². The number of hydrogen-bond donors (Lipinski definition) is 1. The third kappa shape index (κ3) is 2.01. The topological polar surface area (TPSA) is 55.6 Å². The fourth-order valence-corrected chi connectivity index (χ4v) is 4.20. The van der Waals surface area contributed by atoms with E-state index in [0.29, 0.717) is 5.82 Å². The Kier molecular flexibility index (Phi) is 2.92. The Labute approximate surface area is 127 Å². The summed E-state index contributed by atoms with van der Waals surface area (Å²) >= 11 is 1.82. The number of anilines is 1. The van der Waals surface area contributed by atoms with E-state index in [9.17, 15) is 0 Å². The largest absolute Gasteiger partial charge is 0.370 e. The molecular formula is C15H17N5S. The van der Waals surface area contributed by atoms with Crippen LogP contribution in [0.4, 0.5) is 5.82 Å². The summed E-state index contributed by atoms with van der Waals surface area (Å²) in [6.07, 6.45) is 5.51. The van der Waals surface area contributed by atoms with Crippen LogP contribution in [-0.4, -0.2) is 26.3 Å². The van der Waals surface area contributed by atoms with Crippen LogP contribution < -0.4 is 5.32 Å². The molecule has 0 saturated carbocycles. The van der Waals surface area contributed by atoms with Gasteiger partial charge in [0.2, 0.25) is 0 Å². The third-order valence-electron chi connectivity index (χ3n) is 3.85. The molecule has 0 amide bonds. The van der Waals surface area contributed by atoms with Crippen molar-refractivity contribution in [3.63, 3.8) is 0 Å². The fraction of sp³-hybridized carbons (Fsp3) is 0.400. The number of aromatic nitrogens is 4. The van der Waals surface area contributed by atoms with Crippen molar-refractivity contribution >= 4 is 27.4 Å². The number of nitrogens with one attached hydrogen (secondary N) is 1. The monoisotopic (exact) mass is 299 g/mol. The predicted molar refractivity (Wildman–Crippen MR) is 85.8 cm³/mol. The Balaban J connectivity index is 1.95. The molecule has 0 aliphatic heterocycles. The molecule has 1 aliphatic rings. The van der Waals surface area contributed by atoms with E-state index in [2.05, 4.69) is 17.3 Å². The van der Waals surface area contributed by atoms with Crippen molar-refractivity contribution in [3.05, 3.63) is 22.7 Å². The molecular weight excluding hydrogens is 282 g/mol. The lowest BCUT2D eigenvalue weighted by Gasteiger charge is -2.07. The molecule has 1 aliphatic carbocycles. The molecule has 5 nitrogen and oxygen atoms in total. The molecule has 0 radical (unpaired) electrons. The lowest BCUT2D eigenvalue weighted by Crippen LogP contribution is -2.03. The summed E-state index contributed by atoms with van der Waals surface area (Å²) in [4.78, 5) is 12.1. The van der Waals surface area contributed by atoms with Gasteiger partial charge in [-0.3, -0.25) is 4.68 Å². The minimum Gasteiger partial charge on any atom is -0.370 e. The van der Waals surface area contributed by atoms with Gasteiger partial charge in [-0.05, 0) is 37.8 Å². The van der Waals surface area contributed by atoms with Gasteiger partial charge in [-0.15, -0.1) is 11.3 Å². The van der Waals surface area contributed by atoms with Gasteiger partial charge >= 0.3 is 0 Å². The Hall–Kier alpha value is -1.95. The van der Waals surface area contributed by atoms with Gasteiger partial charge in [0.25, 0.3) is 0 Å². The van der Waals surface area contributed by atoms with Gasteiger partial charge in [-0.25, -0.2) is 9.97 Å². The average molecular weight is 299 g/mol. The first-order valence-corrected chi connectivity index (χ1v) is 8.14. The molecule has 0 fully saturated rings. The summed E-state index contributed by atoms with van der Waals surface area (Å²) < 4.78 is 1.78.